The highest BCUT2D eigenvalue weighted by molar-refractivity contribution is 5.81. The highest BCUT2D eigenvalue weighted by Gasteiger charge is 2.29. The van der Waals surface area contributed by atoms with Crippen LogP contribution < -0.4 is 10.6 Å². The molecule has 1 heterocycles. The number of amides is 2. The first-order chi connectivity index (χ1) is 8.60. The van der Waals surface area contributed by atoms with Crippen LogP contribution in [0.5, 0.6) is 0 Å². The summed E-state index contributed by atoms with van der Waals surface area (Å²) in [6, 6.07) is 0.239. The molecule has 2 atom stereocenters. The van der Waals surface area contributed by atoms with E-state index in [1.807, 2.05) is 20.8 Å². The van der Waals surface area contributed by atoms with Gasteiger partial charge in [-0.3, -0.25) is 9.59 Å². The second kappa shape index (κ2) is 7.36. The van der Waals surface area contributed by atoms with Gasteiger partial charge in [0.25, 0.3) is 0 Å². The Hall–Kier alpha value is -1.10. The third-order valence-electron chi connectivity index (χ3n) is 3.62. The molecule has 1 aliphatic rings. The zero-order valence-corrected chi connectivity index (χ0v) is 11.7. The smallest absolute Gasteiger partial charge is 0.224 e. The summed E-state index contributed by atoms with van der Waals surface area (Å²) < 4.78 is 0. The molecule has 0 aliphatic carbocycles. The first-order valence-electron chi connectivity index (χ1n) is 6.89. The van der Waals surface area contributed by atoms with E-state index in [0.29, 0.717) is 13.0 Å². The van der Waals surface area contributed by atoms with Gasteiger partial charge in [-0.15, -0.1) is 0 Å². The Morgan fingerprint density at radius 1 is 1.33 bits per heavy atom. The van der Waals surface area contributed by atoms with Gasteiger partial charge in [-0.05, 0) is 33.7 Å². The molecule has 0 aromatic carbocycles. The second-order valence-corrected chi connectivity index (χ2v) is 4.75. The summed E-state index contributed by atoms with van der Waals surface area (Å²) in [5.74, 6) is 0.228. The lowest BCUT2D eigenvalue weighted by atomic mass is 10.0. The molecule has 5 nitrogen and oxygen atoms in total. The summed E-state index contributed by atoms with van der Waals surface area (Å²) in [6.07, 6.45) is 1.28. The molecule has 104 valence electrons. The van der Waals surface area contributed by atoms with Crippen LogP contribution >= 0.6 is 0 Å². The van der Waals surface area contributed by atoms with E-state index in [2.05, 4.69) is 10.6 Å². The van der Waals surface area contributed by atoms with Crippen LogP contribution in [0.15, 0.2) is 0 Å². The molecular weight excluding hydrogens is 230 g/mol. The van der Waals surface area contributed by atoms with Crippen molar-refractivity contribution in [2.45, 2.75) is 39.7 Å². The van der Waals surface area contributed by atoms with Crippen LogP contribution in [0, 0.1) is 5.92 Å². The minimum atomic E-state index is 0.0496. The van der Waals surface area contributed by atoms with Gasteiger partial charge in [0.2, 0.25) is 11.8 Å². The van der Waals surface area contributed by atoms with E-state index >= 15 is 0 Å². The van der Waals surface area contributed by atoms with E-state index in [0.717, 1.165) is 26.1 Å². The van der Waals surface area contributed by atoms with Crippen molar-refractivity contribution in [3.63, 3.8) is 0 Å². The predicted molar refractivity (Wildman–Crippen MR) is 71.1 cm³/mol. The monoisotopic (exact) mass is 255 g/mol. The fraction of sp³-hybridized carbons (Fsp3) is 0.846. The van der Waals surface area contributed by atoms with E-state index in [1.165, 1.54) is 0 Å². The molecule has 5 heteroatoms. The van der Waals surface area contributed by atoms with Crippen molar-refractivity contribution in [2.24, 2.45) is 5.92 Å². The molecule has 2 N–H and O–H groups in total. The molecule has 2 amide bonds. The maximum Gasteiger partial charge on any atom is 0.224 e. The van der Waals surface area contributed by atoms with E-state index in [1.54, 1.807) is 4.90 Å². The van der Waals surface area contributed by atoms with Gasteiger partial charge in [-0.1, -0.05) is 0 Å². The van der Waals surface area contributed by atoms with E-state index < -0.39 is 0 Å². The molecule has 1 rings (SSSR count). The highest BCUT2D eigenvalue weighted by atomic mass is 16.2. The summed E-state index contributed by atoms with van der Waals surface area (Å²) >= 11 is 0. The standard InChI is InChI=1S/C13H25N3O2/c1-4-16(5-2)12(17)7-9-15-13(18)11-6-8-14-10(11)3/h10-11,14H,4-9H2,1-3H3,(H,15,18). The minimum Gasteiger partial charge on any atom is -0.355 e. The van der Waals surface area contributed by atoms with E-state index in [9.17, 15) is 9.59 Å². The van der Waals surface area contributed by atoms with Crippen LogP contribution in [-0.2, 0) is 9.59 Å². The molecule has 1 fully saturated rings. The zero-order valence-electron chi connectivity index (χ0n) is 11.7. The van der Waals surface area contributed by atoms with Crippen molar-refractivity contribution >= 4 is 11.8 Å². The SMILES string of the molecule is CCN(CC)C(=O)CCNC(=O)C1CCNC1C. The maximum absolute atomic E-state index is 11.9. The lowest BCUT2D eigenvalue weighted by Crippen LogP contribution is -2.39. The average molecular weight is 255 g/mol. The van der Waals surface area contributed by atoms with Crippen molar-refractivity contribution in [3.05, 3.63) is 0 Å². The molecule has 0 saturated carbocycles. The molecule has 2 unspecified atom stereocenters. The summed E-state index contributed by atoms with van der Waals surface area (Å²) in [7, 11) is 0. The molecular formula is C13H25N3O2. The number of hydrogen-bond donors (Lipinski definition) is 2. The second-order valence-electron chi connectivity index (χ2n) is 4.75. The van der Waals surface area contributed by atoms with Gasteiger partial charge in [0.1, 0.15) is 0 Å². The molecule has 1 saturated heterocycles. The normalized spacial score (nSPS) is 22.8. The van der Waals surface area contributed by atoms with Crippen molar-refractivity contribution in [3.8, 4) is 0 Å². The van der Waals surface area contributed by atoms with Crippen molar-refractivity contribution in [1.82, 2.24) is 15.5 Å². The molecule has 18 heavy (non-hydrogen) atoms. The number of carbonyl (C=O) groups excluding carboxylic acids is 2. The maximum atomic E-state index is 11.9. The number of hydrogen-bond acceptors (Lipinski definition) is 3. The largest absolute Gasteiger partial charge is 0.355 e. The number of carbonyl (C=O) groups is 2. The topological polar surface area (TPSA) is 61.4 Å². The number of nitrogens with zero attached hydrogens (tertiary/aromatic N) is 1. The van der Waals surface area contributed by atoms with Gasteiger partial charge >= 0.3 is 0 Å². The zero-order chi connectivity index (χ0) is 13.5. The summed E-state index contributed by atoms with van der Waals surface area (Å²) in [5.41, 5.74) is 0. The van der Waals surface area contributed by atoms with Crippen LogP contribution in [0.25, 0.3) is 0 Å². The molecule has 1 aliphatic heterocycles. The fourth-order valence-corrected chi connectivity index (χ4v) is 2.38. The Balaban J connectivity index is 2.25. The van der Waals surface area contributed by atoms with Crippen LogP contribution in [0.3, 0.4) is 0 Å². The van der Waals surface area contributed by atoms with Gasteiger partial charge in [0, 0.05) is 32.1 Å². The van der Waals surface area contributed by atoms with Gasteiger partial charge in [-0.2, -0.15) is 0 Å². The predicted octanol–water partition coefficient (Wildman–Crippen LogP) is 0.359. The van der Waals surface area contributed by atoms with Crippen molar-refractivity contribution in [1.29, 1.82) is 0 Å². The third-order valence-corrected chi connectivity index (χ3v) is 3.62. The summed E-state index contributed by atoms with van der Waals surface area (Å²) in [6.45, 7) is 8.75. The Kier molecular flexibility index (Phi) is 6.12. The lowest BCUT2D eigenvalue weighted by molar-refractivity contribution is -0.131. The number of rotatable bonds is 6. The highest BCUT2D eigenvalue weighted by Crippen LogP contribution is 2.14. The Morgan fingerprint density at radius 2 is 2.00 bits per heavy atom. The molecule has 0 aromatic rings. The summed E-state index contributed by atoms with van der Waals surface area (Å²) in [4.78, 5) is 25.4. The van der Waals surface area contributed by atoms with Gasteiger partial charge < -0.3 is 15.5 Å². The lowest BCUT2D eigenvalue weighted by Gasteiger charge is -2.19. The Morgan fingerprint density at radius 3 is 2.50 bits per heavy atom. The molecule has 0 spiro atoms. The summed E-state index contributed by atoms with van der Waals surface area (Å²) in [5, 5.41) is 6.11. The quantitative estimate of drug-likeness (QED) is 0.720. The molecule has 0 radical (unpaired) electrons. The van der Waals surface area contributed by atoms with Crippen LogP contribution in [0.1, 0.15) is 33.6 Å². The van der Waals surface area contributed by atoms with Crippen LogP contribution in [0.4, 0.5) is 0 Å². The minimum absolute atomic E-state index is 0.0496. The van der Waals surface area contributed by atoms with E-state index in [-0.39, 0.29) is 23.8 Å². The van der Waals surface area contributed by atoms with Crippen LogP contribution in [0.2, 0.25) is 0 Å². The van der Waals surface area contributed by atoms with E-state index in [4.69, 9.17) is 0 Å². The Labute approximate surface area is 109 Å². The van der Waals surface area contributed by atoms with Crippen molar-refractivity contribution < 1.29 is 9.59 Å². The molecule has 0 aromatic heterocycles. The van der Waals surface area contributed by atoms with Gasteiger partial charge in [0.05, 0.1) is 5.92 Å². The third kappa shape index (κ3) is 3.98. The van der Waals surface area contributed by atoms with Gasteiger partial charge in [0.15, 0.2) is 0 Å². The molecule has 0 bridgehead atoms. The van der Waals surface area contributed by atoms with Gasteiger partial charge in [-0.25, -0.2) is 0 Å². The van der Waals surface area contributed by atoms with Crippen LogP contribution in [-0.4, -0.2) is 48.9 Å². The first-order valence-corrected chi connectivity index (χ1v) is 6.89. The average Bonchev–Trinajstić information content (AvgIpc) is 2.77. The van der Waals surface area contributed by atoms with Crippen molar-refractivity contribution in [2.75, 3.05) is 26.2 Å². The number of nitrogens with one attached hydrogen (secondary N) is 2. The first kappa shape index (κ1) is 15.0. The fourth-order valence-electron chi connectivity index (χ4n) is 2.38. The Bertz CT molecular complexity index is 290.